The van der Waals surface area contributed by atoms with Crippen LogP contribution in [-0.2, 0) is 4.79 Å². The molecule has 0 spiro atoms. The summed E-state index contributed by atoms with van der Waals surface area (Å²) in [5.74, 6) is -0.998. The molecule has 0 radical (unpaired) electrons. The van der Waals surface area contributed by atoms with Crippen molar-refractivity contribution in [3.05, 3.63) is 0 Å². The van der Waals surface area contributed by atoms with Gasteiger partial charge in [-0.1, -0.05) is 0 Å². The maximum atomic E-state index is 10.6. The van der Waals surface area contributed by atoms with Gasteiger partial charge in [0.2, 0.25) is 0 Å². The van der Waals surface area contributed by atoms with E-state index < -0.39 is 17.5 Å². The van der Waals surface area contributed by atoms with Crippen LogP contribution in [0, 0.1) is 0 Å². The normalized spacial score (nSPS) is 20.0. The molecule has 11 heavy (non-hydrogen) atoms. The van der Waals surface area contributed by atoms with Gasteiger partial charge in [0.1, 0.15) is 5.54 Å². The Morgan fingerprint density at radius 1 is 1.45 bits per heavy atom. The van der Waals surface area contributed by atoms with Gasteiger partial charge in [0.05, 0.1) is 0 Å². The van der Waals surface area contributed by atoms with E-state index in [0.717, 1.165) is 6.42 Å². The lowest BCUT2D eigenvalue weighted by Gasteiger charge is -2.37. The third-order valence-electron chi connectivity index (χ3n) is 1.98. The molecule has 1 aliphatic carbocycles. The number of urea groups is 1. The third-order valence-corrected chi connectivity index (χ3v) is 1.98. The van der Waals surface area contributed by atoms with Gasteiger partial charge >= 0.3 is 12.0 Å². The molecule has 1 fully saturated rings. The van der Waals surface area contributed by atoms with E-state index in [9.17, 15) is 9.59 Å². The molecule has 0 aromatic heterocycles. The van der Waals surface area contributed by atoms with E-state index >= 15 is 0 Å². The molecule has 5 heteroatoms. The Bertz CT molecular complexity index is 198. The lowest BCUT2D eigenvalue weighted by atomic mass is 9.77. The van der Waals surface area contributed by atoms with Crippen molar-refractivity contribution in [3.8, 4) is 0 Å². The van der Waals surface area contributed by atoms with Gasteiger partial charge < -0.3 is 16.2 Å². The first-order valence-electron chi connectivity index (χ1n) is 3.38. The van der Waals surface area contributed by atoms with Crippen LogP contribution in [0.5, 0.6) is 0 Å². The number of carboxylic acids is 1. The Morgan fingerprint density at radius 2 is 2.00 bits per heavy atom. The number of carbonyl (C=O) groups excluding carboxylic acids is 1. The van der Waals surface area contributed by atoms with E-state index in [1.807, 2.05) is 0 Å². The minimum atomic E-state index is -1.06. The molecule has 0 aromatic rings. The van der Waals surface area contributed by atoms with E-state index in [2.05, 4.69) is 5.32 Å². The van der Waals surface area contributed by atoms with Crippen molar-refractivity contribution < 1.29 is 14.7 Å². The van der Waals surface area contributed by atoms with Crippen LogP contribution in [0.2, 0.25) is 0 Å². The summed E-state index contributed by atoms with van der Waals surface area (Å²) in [6.07, 6.45) is 1.78. The van der Waals surface area contributed by atoms with Crippen molar-refractivity contribution in [1.82, 2.24) is 5.32 Å². The number of carboxylic acid groups (broad SMARTS) is 1. The predicted molar refractivity (Wildman–Crippen MR) is 36.9 cm³/mol. The highest BCUT2D eigenvalue weighted by Crippen LogP contribution is 2.31. The number of rotatable bonds is 2. The Balaban J connectivity index is 2.61. The lowest BCUT2D eigenvalue weighted by molar-refractivity contribution is -0.148. The number of nitrogens with two attached hydrogens (primary N) is 1. The second-order valence-electron chi connectivity index (χ2n) is 2.73. The highest BCUT2D eigenvalue weighted by Gasteiger charge is 2.45. The molecule has 2 amide bonds. The second-order valence-corrected chi connectivity index (χ2v) is 2.73. The highest BCUT2D eigenvalue weighted by molar-refractivity contribution is 5.86. The van der Waals surface area contributed by atoms with Gasteiger partial charge in [-0.05, 0) is 19.3 Å². The number of nitrogens with one attached hydrogen (secondary N) is 1. The standard InChI is InChI=1S/C6H10N2O3/c7-5(11)8-6(4(9)10)2-1-3-6/h1-3H2,(H,9,10)(H3,7,8,11). The van der Waals surface area contributed by atoms with Crippen LogP contribution in [0.15, 0.2) is 0 Å². The van der Waals surface area contributed by atoms with E-state index in [1.54, 1.807) is 0 Å². The van der Waals surface area contributed by atoms with Gasteiger partial charge in [0, 0.05) is 0 Å². The van der Waals surface area contributed by atoms with Crippen LogP contribution in [-0.4, -0.2) is 22.6 Å². The van der Waals surface area contributed by atoms with Gasteiger partial charge in [0.15, 0.2) is 0 Å². The van der Waals surface area contributed by atoms with E-state index in [4.69, 9.17) is 10.8 Å². The number of carbonyl (C=O) groups is 2. The molecule has 0 aliphatic heterocycles. The number of aliphatic carboxylic acids is 1. The largest absolute Gasteiger partial charge is 0.480 e. The van der Waals surface area contributed by atoms with Crippen LogP contribution in [0.1, 0.15) is 19.3 Å². The maximum absolute atomic E-state index is 10.6. The van der Waals surface area contributed by atoms with Crippen molar-refractivity contribution in [2.45, 2.75) is 24.8 Å². The molecular formula is C6H10N2O3. The summed E-state index contributed by atoms with van der Waals surface area (Å²) in [7, 11) is 0. The molecular weight excluding hydrogens is 148 g/mol. The molecule has 4 N–H and O–H groups in total. The minimum absolute atomic E-state index is 0.477. The average Bonchev–Trinajstić information content (AvgIpc) is 1.77. The topological polar surface area (TPSA) is 92.4 Å². The van der Waals surface area contributed by atoms with Gasteiger partial charge in [0.25, 0.3) is 0 Å². The zero-order chi connectivity index (χ0) is 8.48. The van der Waals surface area contributed by atoms with Crippen LogP contribution in [0.25, 0.3) is 0 Å². The number of hydrogen-bond donors (Lipinski definition) is 3. The molecule has 62 valence electrons. The Morgan fingerprint density at radius 3 is 2.09 bits per heavy atom. The number of hydrogen-bond acceptors (Lipinski definition) is 2. The van der Waals surface area contributed by atoms with Crippen LogP contribution in [0.3, 0.4) is 0 Å². The Hall–Kier alpha value is -1.26. The molecule has 5 nitrogen and oxygen atoms in total. The van der Waals surface area contributed by atoms with E-state index in [1.165, 1.54) is 0 Å². The van der Waals surface area contributed by atoms with Gasteiger partial charge in [-0.3, -0.25) is 0 Å². The molecule has 0 heterocycles. The quantitative estimate of drug-likeness (QED) is 0.513. The smallest absolute Gasteiger partial charge is 0.329 e. The highest BCUT2D eigenvalue weighted by atomic mass is 16.4. The molecule has 0 saturated heterocycles. The molecule has 0 bridgehead atoms. The summed E-state index contributed by atoms with van der Waals surface area (Å²) in [5, 5.41) is 10.9. The van der Waals surface area contributed by atoms with Crippen molar-refractivity contribution >= 4 is 12.0 Å². The minimum Gasteiger partial charge on any atom is -0.480 e. The molecule has 1 saturated carbocycles. The summed E-state index contributed by atoms with van der Waals surface area (Å²) in [4.78, 5) is 20.9. The monoisotopic (exact) mass is 158 g/mol. The Labute approximate surface area is 63.6 Å². The summed E-state index contributed by atoms with van der Waals surface area (Å²) < 4.78 is 0. The van der Waals surface area contributed by atoms with E-state index in [-0.39, 0.29) is 0 Å². The van der Waals surface area contributed by atoms with Crippen molar-refractivity contribution in [1.29, 1.82) is 0 Å². The van der Waals surface area contributed by atoms with Crippen LogP contribution in [0.4, 0.5) is 4.79 Å². The summed E-state index contributed by atoms with van der Waals surface area (Å²) in [5.41, 5.74) is 3.75. The molecule has 0 aromatic carbocycles. The molecule has 1 rings (SSSR count). The zero-order valence-electron chi connectivity index (χ0n) is 5.96. The van der Waals surface area contributed by atoms with Crippen molar-refractivity contribution in [3.63, 3.8) is 0 Å². The fourth-order valence-corrected chi connectivity index (χ4v) is 1.16. The first-order chi connectivity index (χ1) is 5.07. The number of primary amides is 1. The lowest BCUT2D eigenvalue weighted by Crippen LogP contribution is -2.60. The number of amides is 2. The summed E-state index contributed by atoms with van der Waals surface area (Å²) >= 11 is 0. The fourth-order valence-electron chi connectivity index (χ4n) is 1.16. The fraction of sp³-hybridized carbons (Fsp3) is 0.667. The molecule has 0 unspecified atom stereocenters. The van der Waals surface area contributed by atoms with E-state index in [0.29, 0.717) is 12.8 Å². The molecule has 1 aliphatic rings. The van der Waals surface area contributed by atoms with Crippen molar-refractivity contribution in [2.24, 2.45) is 5.73 Å². The van der Waals surface area contributed by atoms with Crippen LogP contribution < -0.4 is 11.1 Å². The first kappa shape index (κ1) is 7.84. The summed E-state index contributed by atoms with van der Waals surface area (Å²) in [6, 6.07) is -0.771. The third kappa shape index (κ3) is 1.26. The van der Waals surface area contributed by atoms with Gasteiger partial charge in [-0.25, -0.2) is 9.59 Å². The maximum Gasteiger partial charge on any atom is 0.329 e. The van der Waals surface area contributed by atoms with Crippen LogP contribution >= 0.6 is 0 Å². The Kier molecular flexibility index (Phi) is 1.72. The second kappa shape index (κ2) is 2.41. The predicted octanol–water partition coefficient (Wildman–Crippen LogP) is -0.338. The van der Waals surface area contributed by atoms with Gasteiger partial charge in [-0.15, -0.1) is 0 Å². The average molecular weight is 158 g/mol. The molecule has 0 atom stereocenters. The zero-order valence-corrected chi connectivity index (χ0v) is 5.96. The first-order valence-corrected chi connectivity index (χ1v) is 3.38. The van der Waals surface area contributed by atoms with Crippen molar-refractivity contribution in [2.75, 3.05) is 0 Å². The SMILES string of the molecule is NC(=O)NC1(C(=O)O)CCC1. The van der Waals surface area contributed by atoms with Gasteiger partial charge in [-0.2, -0.15) is 0 Å². The summed E-state index contributed by atoms with van der Waals surface area (Å²) in [6.45, 7) is 0.